The number of para-hydroxylation sites is 1. The number of hydrogen-bond acceptors (Lipinski definition) is 1. The Bertz CT molecular complexity index is 1140. The topological polar surface area (TPSA) is 9.23 Å². The van der Waals surface area contributed by atoms with E-state index in [1.54, 1.807) is 31.2 Å². The van der Waals surface area contributed by atoms with Crippen molar-refractivity contribution in [2.24, 2.45) is 5.92 Å². The Balaban J connectivity index is 1.68. The highest BCUT2D eigenvalue weighted by atomic mass is 19.4. The van der Waals surface area contributed by atoms with Gasteiger partial charge in [0.2, 0.25) is 0 Å². The summed E-state index contributed by atoms with van der Waals surface area (Å²) >= 11 is 0. The normalized spacial score (nSPS) is 18.7. The highest BCUT2D eigenvalue weighted by molar-refractivity contribution is 5.71. The summed E-state index contributed by atoms with van der Waals surface area (Å²) in [5.74, 6) is -0.613. The minimum atomic E-state index is -4.43. The lowest BCUT2D eigenvalue weighted by Crippen LogP contribution is -2.15. The smallest absolute Gasteiger partial charge is 0.416 e. The van der Waals surface area contributed by atoms with Crippen LogP contribution < -0.4 is 4.74 Å². The maximum Gasteiger partial charge on any atom is 0.416 e. The van der Waals surface area contributed by atoms with E-state index in [1.807, 2.05) is 0 Å². The molecule has 1 nitrogen and oxygen atoms in total. The number of halogens is 5. The summed E-state index contributed by atoms with van der Waals surface area (Å²) in [7, 11) is 0. The molecule has 4 rings (SSSR count). The average molecular weight is 475 g/mol. The lowest BCUT2D eigenvalue weighted by molar-refractivity contribution is -0.137. The molecule has 0 saturated heterocycles. The molecule has 180 valence electrons. The van der Waals surface area contributed by atoms with Crippen LogP contribution in [-0.2, 0) is 6.18 Å². The zero-order valence-electron chi connectivity index (χ0n) is 19.2. The summed E-state index contributed by atoms with van der Waals surface area (Å²) in [4.78, 5) is 0. The van der Waals surface area contributed by atoms with Gasteiger partial charge in [0.15, 0.2) is 11.6 Å². The van der Waals surface area contributed by atoms with Crippen LogP contribution in [0.1, 0.15) is 61.6 Å². The number of hydrogen-bond donors (Lipinski definition) is 0. The first kappa shape index (κ1) is 24.2. The Hall–Kier alpha value is -2.89. The maximum absolute atomic E-state index is 15.7. The molecule has 0 radical (unpaired) electrons. The van der Waals surface area contributed by atoms with Crippen LogP contribution in [0.4, 0.5) is 22.0 Å². The third kappa shape index (κ3) is 4.96. The van der Waals surface area contributed by atoms with Crippen molar-refractivity contribution < 1.29 is 26.7 Å². The number of alkyl halides is 3. The summed E-state index contributed by atoms with van der Waals surface area (Å²) in [5, 5.41) is 0. The van der Waals surface area contributed by atoms with Crippen molar-refractivity contribution >= 4 is 0 Å². The van der Waals surface area contributed by atoms with Gasteiger partial charge in [0.25, 0.3) is 0 Å². The first-order valence-corrected chi connectivity index (χ1v) is 11.6. The van der Waals surface area contributed by atoms with Crippen LogP contribution in [0.5, 0.6) is 11.5 Å². The quantitative estimate of drug-likeness (QED) is 0.335. The van der Waals surface area contributed by atoms with Gasteiger partial charge >= 0.3 is 6.18 Å². The van der Waals surface area contributed by atoms with Crippen LogP contribution >= 0.6 is 0 Å². The first-order chi connectivity index (χ1) is 16.2. The fourth-order valence-electron chi connectivity index (χ4n) is 4.84. The Morgan fingerprint density at radius 2 is 1.56 bits per heavy atom. The van der Waals surface area contributed by atoms with E-state index in [2.05, 4.69) is 6.92 Å². The zero-order valence-corrected chi connectivity index (χ0v) is 19.2. The predicted octanol–water partition coefficient (Wildman–Crippen LogP) is 9.44. The van der Waals surface area contributed by atoms with Crippen molar-refractivity contribution in [2.75, 3.05) is 0 Å². The summed E-state index contributed by atoms with van der Waals surface area (Å²) in [6.07, 6.45) is -0.00798. The van der Waals surface area contributed by atoms with Gasteiger partial charge in [-0.25, -0.2) is 8.78 Å². The second-order valence-electron chi connectivity index (χ2n) is 9.03. The van der Waals surface area contributed by atoms with Gasteiger partial charge in [-0.3, -0.25) is 0 Å². The zero-order chi connectivity index (χ0) is 24.5. The molecule has 1 saturated carbocycles. The van der Waals surface area contributed by atoms with Crippen LogP contribution in [-0.4, -0.2) is 0 Å². The van der Waals surface area contributed by atoms with E-state index in [9.17, 15) is 17.6 Å². The average Bonchev–Trinajstić information content (AvgIpc) is 2.82. The molecule has 0 bridgehead atoms. The second-order valence-corrected chi connectivity index (χ2v) is 9.03. The van der Waals surface area contributed by atoms with Gasteiger partial charge in [-0.1, -0.05) is 43.7 Å². The van der Waals surface area contributed by atoms with Gasteiger partial charge in [-0.05, 0) is 79.8 Å². The van der Waals surface area contributed by atoms with Gasteiger partial charge in [-0.2, -0.15) is 13.2 Å². The molecule has 0 spiro atoms. The van der Waals surface area contributed by atoms with Crippen LogP contribution in [0.2, 0.25) is 0 Å². The SMILES string of the molecule is CC[C@H]1CC[C@H](c2c(F)cc(C)c(Oc3ccccc3-c3ccc(C(F)(F)F)cc3)c2F)CC1. The second kappa shape index (κ2) is 9.77. The summed E-state index contributed by atoms with van der Waals surface area (Å²) in [5.41, 5.74) is 0.661. The third-order valence-electron chi connectivity index (χ3n) is 6.85. The molecular weight excluding hydrogens is 447 g/mol. The monoisotopic (exact) mass is 474 g/mol. The molecule has 1 aliphatic rings. The fraction of sp³-hybridized carbons (Fsp3) is 0.357. The van der Waals surface area contributed by atoms with Crippen molar-refractivity contribution in [3.05, 3.63) is 82.9 Å². The molecule has 1 fully saturated rings. The first-order valence-electron chi connectivity index (χ1n) is 11.6. The van der Waals surface area contributed by atoms with E-state index >= 15 is 4.39 Å². The molecule has 34 heavy (non-hydrogen) atoms. The maximum atomic E-state index is 15.7. The van der Waals surface area contributed by atoms with Crippen molar-refractivity contribution in [3.8, 4) is 22.6 Å². The van der Waals surface area contributed by atoms with Gasteiger partial charge < -0.3 is 4.74 Å². The number of ether oxygens (including phenoxy) is 1. The Labute approximate surface area is 196 Å². The van der Waals surface area contributed by atoms with Crippen LogP contribution in [0, 0.1) is 24.5 Å². The molecule has 6 heteroatoms. The van der Waals surface area contributed by atoms with Gasteiger partial charge in [0.1, 0.15) is 11.6 Å². The molecular formula is C28H27F5O. The minimum Gasteiger partial charge on any atom is -0.453 e. The minimum absolute atomic E-state index is 0.0478. The molecule has 1 aliphatic carbocycles. The van der Waals surface area contributed by atoms with Crippen LogP contribution in [0.3, 0.4) is 0 Å². The molecule has 0 atom stereocenters. The molecule has 3 aromatic rings. The molecule has 0 unspecified atom stereocenters. The van der Waals surface area contributed by atoms with Gasteiger partial charge in [0, 0.05) is 11.1 Å². The molecule has 3 aromatic carbocycles. The lowest BCUT2D eigenvalue weighted by atomic mass is 9.77. The Kier molecular flexibility index (Phi) is 6.96. The van der Waals surface area contributed by atoms with Crippen LogP contribution in [0.15, 0.2) is 54.6 Å². The molecule has 0 heterocycles. The number of rotatable bonds is 5. The largest absolute Gasteiger partial charge is 0.453 e. The summed E-state index contributed by atoms with van der Waals surface area (Å²) < 4.78 is 75.4. The molecule has 0 aromatic heterocycles. The third-order valence-corrected chi connectivity index (χ3v) is 6.85. The van der Waals surface area contributed by atoms with E-state index < -0.39 is 23.4 Å². The Morgan fingerprint density at radius 3 is 2.18 bits per heavy atom. The van der Waals surface area contributed by atoms with E-state index in [0.717, 1.165) is 44.2 Å². The van der Waals surface area contributed by atoms with E-state index in [-0.39, 0.29) is 23.0 Å². The van der Waals surface area contributed by atoms with E-state index in [4.69, 9.17) is 4.74 Å². The standard InChI is InChI=1S/C28H27F5O/c1-3-18-8-10-20(11-9-18)25-23(29)16-17(2)27(26(25)30)34-24-7-5-4-6-22(24)19-12-14-21(15-13-19)28(31,32)33/h4-7,12-16,18,20H,3,8-11H2,1-2H3/t18-,20-. The van der Waals surface area contributed by atoms with Gasteiger partial charge in [-0.15, -0.1) is 0 Å². The fourth-order valence-corrected chi connectivity index (χ4v) is 4.84. The number of benzene rings is 3. The highest BCUT2D eigenvalue weighted by Gasteiger charge is 2.31. The number of aryl methyl sites for hydroxylation is 1. The van der Waals surface area contributed by atoms with Crippen molar-refractivity contribution in [3.63, 3.8) is 0 Å². The van der Waals surface area contributed by atoms with Crippen LogP contribution in [0.25, 0.3) is 11.1 Å². The van der Waals surface area contributed by atoms with Crippen molar-refractivity contribution in [1.29, 1.82) is 0 Å². The molecule has 0 N–H and O–H groups in total. The summed E-state index contributed by atoms with van der Waals surface area (Å²) in [6, 6.07) is 12.8. The van der Waals surface area contributed by atoms with E-state index in [0.29, 0.717) is 22.6 Å². The van der Waals surface area contributed by atoms with Crippen molar-refractivity contribution in [1.82, 2.24) is 0 Å². The Morgan fingerprint density at radius 1 is 0.912 bits per heavy atom. The molecule has 0 aliphatic heterocycles. The van der Waals surface area contributed by atoms with Crippen molar-refractivity contribution in [2.45, 2.75) is 58.0 Å². The van der Waals surface area contributed by atoms with E-state index in [1.165, 1.54) is 18.2 Å². The molecule has 0 amide bonds. The highest BCUT2D eigenvalue weighted by Crippen LogP contribution is 2.43. The predicted molar refractivity (Wildman–Crippen MR) is 123 cm³/mol. The van der Waals surface area contributed by atoms with Gasteiger partial charge in [0.05, 0.1) is 5.56 Å². The lowest BCUT2D eigenvalue weighted by Gasteiger charge is -2.29. The summed E-state index contributed by atoms with van der Waals surface area (Å²) in [6.45, 7) is 3.72.